The minimum absolute atomic E-state index is 0.267. The smallest absolute Gasteiger partial charge is 0.0652 e. The molecule has 1 aromatic rings. The van der Waals surface area contributed by atoms with Crippen LogP contribution in [0.1, 0.15) is 387 Å². The third-order valence-electron chi connectivity index (χ3n) is 19.0. The maximum atomic E-state index is 10.2. The van der Waals surface area contributed by atoms with E-state index in [2.05, 4.69) is 260 Å². The van der Waals surface area contributed by atoms with Crippen LogP contribution in [0.25, 0.3) is 0 Å². The van der Waals surface area contributed by atoms with E-state index in [1.165, 1.54) is 133 Å². The van der Waals surface area contributed by atoms with Gasteiger partial charge in [-0.3, -0.25) is 0 Å². The van der Waals surface area contributed by atoms with Crippen molar-refractivity contribution < 1.29 is 10.2 Å². The molecule has 1 aromatic carbocycles. The standard InChI is InChI=1S/C11H22O.2C11H22.C11H16.C11H22.C10H22.C9H20.C8H18O/c1-10(2,3)9-11(12)7-5-4-6-8-11;3*1-9-7-5-6-8-10(9)11(2,3)4;1-11(2,3)9-10-7-5-4-6-8-10;1-7-9(8(2)3)10(4,5)6;1-8(2,3)7-9(4,5)6;1-5-7(6-9)8(2,3)4/h12H,4-9H2,1-3H3;2*9-10H,5-8H2,1-4H3;5-8H,1-4H3;10H,4-9H2,1-3H3;8-9H,7H2,1-6H3;7H2,1-6H3;7,9H,5-6H2,1-4H3. The first-order chi connectivity index (χ1) is 37.7. The Morgan fingerprint density at radius 2 is 0.857 bits per heavy atom. The summed E-state index contributed by atoms with van der Waals surface area (Å²) in [4.78, 5) is 0. The molecule has 0 heterocycles. The monoisotopic (exact) mass is 1180 g/mol. The molecule has 5 rings (SSSR count). The van der Waals surface area contributed by atoms with E-state index in [4.69, 9.17) is 5.11 Å². The Kier molecular flexibility index (Phi) is 41.0. The number of aliphatic hydroxyl groups excluding tert-OH is 1. The highest BCUT2D eigenvalue weighted by atomic mass is 16.3. The summed E-state index contributed by atoms with van der Waals surface area (Å²) in [5.41, 5.74) is 6.42. The Labute approximate surface area is 534 Å². The van der Waals surface area contributed by atoms with Crippen LogP contribution in [0, 0.1) is 97.6 Å². The van der Waals surface area contributed by atoms with Gasteiger partial charge in [-0.1, -0.05) is 355 Å². The maximum absolute atomic E-state index is 10.2. The molecule has 0 aromatic heterocycles. The van der Waals surface area contributed by atoms with Gasteiger partial charge in [-0.25, -0.2) is 0 Å². The fourth-order valence-corrected chi connectivity index (χ4v) is 15.9. The summed E-state index contributed by atoms with van der Waals surface area (Å²) in [5.74, 6) is 7.05. The minimum Gasteiger partial charge on any atom is -0.396 e. The highest BCUT2D eigenvalue weighted by Crippen LogP contribution is 2.43. The minimum atomic E-state index is -0.337. The number of aliphatic hydroxyl groups is 2. The Balaban J connectivity index is -0.000000895. The van der Waals surface area contributed by atoms with Crippen LogP contribution in [0.5, 0.6) is 0 Å². The first kappa shape index (κ1) is 87.3. The summed E-state index contributed by atoms with van der Waals surface area (Å²) in [6.45, 7) is 78.4. The highest BCUT2D eigenvalue weighted by Gasteiger charge is 2.35. The van der Waals surface area contributed by atoms with Gasteiger partial charge >= 0.3 is 0 Å². The second-order valence-electron chi connectivity index (χ2n) is 38.9. The van der Waals surface area contributed by atoms with Crippen LogP contribution in [0.3, 0.4) is 0 Å². The molecule has 2 nitrogen and oxygen atoms in total. The van der Waals surface area contributed by atoms with Crippen molar-refractivity contribution in [3.63, 3.8) is 0 Å². The molecule has 6 atom stereocenters. The molecule has 6 unspecified atom stereocenters. The Morgan fingerprint density at radius 3 is 1.07 bits per heavy atom. The van der Waals surface area contributed by atoms with Gasteiger partial charge in [-0.05, 0) is 159 Å². The molecule has 0 bridgehead atoms. The number of hydrogen-bond acceptors (Lipinski definition) is 2. The van der Waals surface area contributed by atoms with Crippen LogP contribution in [0.4, 0.5) is 0 Å². The molecule has 504 valence electrons. The second kappa shape index (κ2) is 39.4. The topological polar surface area (TPSA) is 40.5 Å². The van der Waals surface area contributed by atoms with Gasteiger partial charge in [0, 0.05) is 6.61 Å². The second-order valence-corrected chi connectivity index (χ2v) is 38.9. The van der Waals surface area contributed by atoms with E-state index in [1.807, 2.05) is 0 Å². The van der Waals surface area contributed by atoms with Gasteiger partial charge in [-0.15, -0.1) is 0 Å². The molecule has 0 amide bonds. The van der Waals surface area contributed by atoms with Crippen molar-refractivity contribution >= 4 is 0 Å². The molecule has 0 radical (unpaired) electrons. The van der Waals surface area contributed by atoms with Crippen molar-refractivity contribution in [2.45, 2.75) is 394 Å². The molecule has 84 heavy (non-hydrogen) atoms. The Bertz CT molecular complexity index is 1670. The van der Waals surface area contributed by atoms with Crippen molar-refractivity contribution in [3.05, 3.63) is 35.4 Å². The molecule has 2 N–H and O–H groups in total. The molecule has 4 aliphatic rings. The molecule has 4 fully saturated rings. The van der Waals surface area contributed by atoms with Crippen LogP contribution in [-0.2, 0) is 5.41 Å². The average molecular weight is 1180 g/mol. The zero-order valence-electron chi connectivity index (χ0n) is 64.8. The van der Waals surface area contributed by atoms with E-state index in [9.17, 15) is 5.11 Å². The lowest BCUT2D eigenvalue weighted by Crippen LogP contribution is -2.35. The number of hydrogen-bond donors (Lipinski definition) is 2. The SMILES string of the molecule is CC(C)(C)CC(C)(C)C.CC(C)(C)CC1(O)CCCCC1.CC(C)(C)CC1CCCCC1.CC1CCCCC1C(C)(C)C.CC1CCCCC1C(C)(C)C.CCC(C(C)C)C(C)(C)C.CCC(CO)C(C)(C)C.Cc1ccccc1C(C)(C)C. The van der Waals surface area contributed by atoms with Crippen LogP contribution >= 0.6 is 0 Å². The Morgan fingerprint density at radius 1 is 0.476 bits per heavy atom. The lowest BCUT2D eigenvalue weighted by Gasteiger charge is -2.38. The number of rotatable bonds is 6. The molecular weight excluding hydrogens is 1020 g/mol. The van der Waals surface area contributed by atoms with Crippen molar-refractivity contribution in [3.8, 4) is 0 Å². The lowest BCUT2D eigenvalue weighted by atomic mass is 9.67. The normalized spacial score (nSPS) is 21.8. The summed E-state index contributed by atoms with van der Waals surface area (Å²) < 4.78 is 0. The van der Waals surface area contributed by atoms with Gasteiger partial charge in [-0.2, -0.15) is 0 Å². The van der Waals surface area contributed by atoms with Gasteiger partial charge in [0.1, 0.15) is 0 Å². The highest BCUT2D eigenvalue weighted by molar-refractivity contribution is 5.31. The number of aryl methyl sites for hydroxylation is 1. The van der Waals surface area contributed by atoms with Crippen molar-refractivity contribution in [1.29, 1.82) is 0 Å². The summed E-state index contributed by atoms with van der Waals surface area (Å²) in [7, 11) is 0. The first-order valence-electron chi connectivity index (χ1n) is 36.1. The van der Waals surface area contributed by atoms with Crippen LogP contribution in [-0.4, -0.2) is 22.4 Å². The van der Waals surface area contributed by atoms with Gasteiger partial charge in [0.25, 0.3) is 0 Å². The summed E-state index contributed by atoms with van der Waals surface area (Å²) in [6, 6.07) is 8.56. The summed E-state index contributed by atoms with van der Waals surface area (Å²) in [5, 5.41) is 19.1. The van der Waals surface area contributed by atoms with Crippen LogP contribution < -0.4 is 0 Å². The third-order valence-corrected chi connectivity index (χ3v) is 19.0. The maximum Gasteiger partial charge on any atom is 0.0652 e. The van der Waals surface area contributed by atoms with Gasteiger partial charge < -0.3 is 10.2 Å². The molecule has 2 heteroatoms. The zero-order valence-corrected chi connectivity index (χ0v) is 64.8. The molecule has 0 aliphatic heterocycles. The third kappa shape index (κ3) is 45.4. The summed E-state index contributed by atoms with van der Waals surface area (Å²) >= 11 is 0. The van der Waals surface area contributed by atoms with Crippen molar-refractivity contribution in [2.75, 3.05) is 6.61 Å². The summed E-state index contributed by atoms with van der Waals surface area (Å²) in [6.07, 6.45) is 31.0. The van der Waals surface area contributed by atoms with E-state index < -0.39 is 0 Å². The largest absolute Gasteiger partial charge is 0.396 e. The Hall–Kier alpha value is -0.860. The quantitative estimate of drug-likeness (QED) is 0.298. The fraction of sp³-hybridized carbons (Fsp3) is 0.927. The van der Waals surface area contributed by atoms with Crippen LogP contribution in [0.15, 0.2) is 24.3 Å². The average Bonchev–Trinajstić information content (AvgIpc) is 3.47. The van der Waals surface area contributed by atoms with E-state index in [-0.39, 0.29) is 21.8 Å². The molecule has 0 saturated heterocycles. The van der Waals surface area contributed by atoms with E-state index >= 15 is 0 Å². The zero-order chi connectivity index (χ0) is 66.6. The van der Waals surface area contributed by atoms with Gasteiger partial charge in [0.05, 0.1) is 5.60 Å². The van der Waals surface area contributed by atoms with Crippen molar-refractivity contribution in [2.24, 2.45) is 90.7 Å². The number of benzene rings is 1. The van der Waals surface area contributed by atoms with Gasteiger partial charge in [0.2, 0.25) is 0 Å². The molecule has 4 aliphatic carbocycles. The van der Waals surface area contributed by atoms with Crippen LogP contribution in [0.2, 0.25) is 0 Å². The van der Waals surface area contributed by atoms with E-state index in [0.717, 1.165) is 67.1 Å². The predicted octanol–water partition coefficient (Wildman–Crippen LogP) is 27.4. The molecule has 0 spiro atoms. The first-order valence-corrected chi connectivity index (χ1v) is 36.1. The van der Waals surface area contributed by atoms with Crippen molar-refractivity contribution in [1.82, 2.24) is 0 Å². The van der Waals surface area contributed by atoms with E-state index in [1.54, 1.807) is 0 Å². The lowest BCUT2D eigenvalue weighted by molar-refractivity contribution is -0.0290. The molecular formula is C82H164O2. The molecule has 4 saturated carbocycles. The predicted molar refractivity (Wildman–Crippen MR) is 386 cm³/mol. The van der Waals surface area contributed by atoms with Gasteiger partial charge in [0.15, 0.2) is 0 Å². The fourth-order valence-electron chi connectivity index (χ4n) is 15.9. The van der Waals surface area contributed by atoms with E-state index in [0.29, 0.717) is 45.0 Å².